The van der Waals surface area contributed by atoms with Crippen molar-refractivity contribution in [1.29, 1.82) is 0 Å². The Morgan fingerprint density at radius 1 is 0.538 bits per heavy atom. The van der Waals surface area contributed by atoms with Gasteiger partial charge in [-0.3, -0.25) is 0 Å². The Hall–Kier alpha value is -3.09. The summed E-state index contributed by atoms with van der Waals surface area (Å²) >= 11 is 0. The van der Waals surface area contributed by atoms with Crippen LogP contribution in [0.25, 0.3) is 0 Å². The fourth-order valence-corrected chi connectivity index (χ4v) is 1.73. The van der Waals surface area contributed by atoms with Crippen molar-refractivity contribution in [1.82, 2.24) is 0 Å². The monoisotopic (exact) mass is 674 g/mol. The average Bonchev–Trinajstić information content (AvgIpc) is 2.79. The molecule has 4 nitrogen and oxygen atoms in total. The van der Waals surface area contributed by atoms with Gasteiger partial charge in [-0.15, -0.1) is 17.2 Å². The van der Waals surface area contributed by atoms with Crippen LogP contribution in [0.1, 0.15) is 13.8 Å². The molecule has 39 heavy (non-hydrogen) atoms. The first-order valence-corrected chi connectivity index (χ1v) is 9.73. The average molecular weight is 675 g/mol. The smallest absolute Gasteiger partial charge is 0.413 e. The van der Waals surface area contributed by atoms with Crippen molar-refractivity contribution in [2.45, 2.75) is 32.4 Å². The summed E-state index contributed by atoms with van der Waals surface area (Å²) in [4.78, 5) is 17.8. The summed E-state index contributed by atoms with van der Waals surface area (Å²) < 4.78 is 106. The van der Waals surface area contributed by atoms with Crippen LogP contribution in [-0.2, 0) is 9.59 Å². The second kappa shape index (κ2) is 19.9. The van der Waals surface area contributed by atoms with Crippen molar-refractivity contribution in [3.05, 3.63) is 108 Å². The van der Waals surface area contributed by atoms with E-state index in [0.717, 1.165) is 51.3 Å². The van der Waals surface area contributed by atoms with E-state index in [2.05, 4.69) is 17.2 Å². The molecule has 3 aliphatic carbocycles. The van der Waals surface area contributed by atoms with E-state index in [1.165, 1.54) is 36.5 Å². The molecule has 0 saturated carbocycles. The summed E-state index contributed by atoms with van der Waals surface area (Å²) in [6, 6.07) is 0. The van der Waals surface area contributed by atoms with Gasteiger partial charge in [-0.1, -0.05) is 0 Å². The van der Waals surface area contributed by atoms with Crippen LogP contribution in [0.2, 0.25) is 0 Å². The van der Waals surface area contributed by atoms with Gasteiger partial charge in [0.25, 0.3) is 0 Å². The maximum atomic E-state index is 11.8. The number of carboxylic acids is 2. The second-order valence-corrected chi connectivity index (χ2v) is 6.34. The number of carboxylic acid groups (broad SMARTS) is 2. The number of hydrogen-bond acceptors (Lipinski definition) is 4. The first-order valence-electron chi connectivity index (χ1n) is 9.73. The molecule has 0 bridgehead atoms. The summed E-state index contributed by atoms with van der Waals surface area (Å²) in [6.45, 7) is 1.94. The molecule has 3 rings (SSSR count). The van der Waals surface area contributed by atoms with Crippen LogP contribution < -0.4 is 10.2 Å². The van der Waals surface area contributed by atoms with Crippen LogP contribution in [0.4, 0.5) is 39.5 Å². The Labute approximate surface area is 235 Å². The van der Waals surface area contributed by atoms with Gasteiger partial charge in [0.15, 0.2) is 0 Å². The largest absolute Gasteiger partial charge is 0.550 e. The molecule has 0 heterocycles. The molecule has 0 aliphatic heterocycles. The number of allylic oxidation sites excluding steroid dienone is 9. The van der Waals surface area contributed by atoms with E-state index >= 15 is 0 Å². The van der Waals surface area contributed by atoms with Gasteiger partial charge < -0.3 is 19.8 Å². The molecule has 14 heteroatoms. The topological polar surface area (TPSA) is 80.3 Å². The van der Waals surface area contributed by atoms with Gasteiger partial charge in [0, 0.05) is 72.3 Å². The van der Waals surface area contributed by atoms with E-state index in [1.807, 2.05) is 0 Å². The normalized spacial score (nSPS) is 14.6. The Bertz CT molecular complexity index is 945. The minimum Gasteiger partial charge on any atom is -0.550 e. The van der Waals surface area contributed by atoms with Gasteiger partial charge in [-0.25, -0.2) is 0 Å². The first kappa shape index (κ1) is 40.4. The van der Waals surface area contributed by atoms with Gasteiger partial charge in [0.2, 0.25) is 0 Å². The summed E-state index contributed by atoms with van der Waals surface area (Å²) in [7, 11) is 0. The standard InChI is InChI=1S/3C7H4F3.2C2H4O2.Sb/c3*8-7(9,10)6-4-2-1-3-5-6;2*1-2(3)4;/h3*2-5H;2*1H3,(H,3,4);/p-2. The molecule has 6 radical (unpaired) electrons. The van der Waals surface area contributed by atoms with Gasteiger partial charge in [-0.05, 0) is 68.5 Å². The van der Waals surface area contributed by atoms with Crippen molar-refractivity contribution in [3.63, 3.8) is 0 Å². The molecule has 0 aromatic heterocycles. The van der Waals surface area contributed by atoms with E-state index in [4.69, 9.17) is 19.8 Å². The van der Waals surface area contributed by atoms with Crippen LogP contribution in [0.15, 0.2) is 88.6 Å². The number of hydrogen-bond donors (Lipinski definition) is 0. The molecule has 0 fully saturated rings. The molecule has 0 amide bonds. The van der Waals surface area contributed by atoms with E-state index in [9.17, 15) is 39.5 Å². The van der Waals surface area contributed by atoms with Gasteiger partial charge in [0.1, 0.15) is 0 Å². The quantitative estimate of drug-likeness (QED) is 0.218. The summed E-state index contributed by atoms with van der Waals surface area (Å²) in [6.07, 6.45) is 0.669. The third kappa shape index (κ3) is 25.0. The molecule has 0 aromatic carbocycles. The maximum absolute atomic E-state index is 11.8. The molecule has 212 valence electrons. The molecule has 0 spiro atoms. The number of carbonyl (C=O) groups is 2. The van der Waals surface area contributed by atoms with Crippen LogP contribution in [0, 0.1) is 19.3 Å². The molecule has 0 unspecified atom stereocenters. The van der Waals surface area contributed by atoms with Crippen LogP contribution in [0.5, 0.6) is 0 Å². The summed E-state index contributed by atoms with van der Waals surface area (Å²) in [5.74, 6) is -2.17. The number of rotatable bonds is 0. The first-order chi connectivity index (χ1) is 17.3. The molecular formula is C25H18F9O4Sb-2. The Balaban J connectivity index is -0.000000434. The molecular weight excluding hydrogens is 657 g/mol. The van der Waals surface area contributed by atoms with E-state index in [-0.39, 0.29) is 24.4 Å². The number of alkyl halides is 9. The second-order valence-electron chi connectivity index (χ2n) is 6.34. The fourth-order valence-electron chi connectivity index (χ4n) is 1.73. The fraction of sp³-hybridized carbons (Fsp3) is 0.200. The Morgan fingerprint density at radius 3 is 0.795 bits per heavy atom. The molecule has 0 atom stereocenters. The van der Waals surface area contributed by atoms with Gasteiger partial charge >= 0.3 is 18.5 Å². The minimum atomic E-state index is -4.23. The number of aliphatic carboxylic acids is 2. The van der Waals surface area contributed by atoms with Crippen molar-refractivity contribution in [3.8, 4) is 0 Å². The van der Waals surface area contributed by atoms with Gasteiger partial charge in [0.05, 0.1) is 0 Å². The molecule has 3 aliphatic rings. The zero-order valence-corrected chi connectivity index (χ0v) is 22.5. The number of carbonyl (C=O) groups excluding carboxylic acids is 2. The van der Waals surface area contributed by atoms with Crippen molar-refractivity contribution < 1.29 is 59.3 Å². The zero-order chi connectivity index (χ0) is 30.0. The van der Waals surface area contributed by atoms with Crippen LogP contribution >= 0.6 is 0 Å². The minimum absolute atomic E-state index is 0. The number of halogens is 9. The van der Waals surface area contributed by atoms with E-state index < -0.39 is 47.2 Å². The molecule has 0 N–H and O–H groups in total. The van der Waals surface area contributed by atoms with E-state index in [0.29, 0.717) is 0 Å². The van der Waals surface area contributed by atoms with Crippen molar-refractivity contribution in [2.75, 3.05) is 0 Å². The molecule has 0 aromatic rings. The van der Waals surface area contributed by atoms with E-state index in [1.54, 1.807) is 0 Å². The van der Waals surface area contributed by atoms with Crippen molar-refractivity contribution >= 4 is 36.4 Å². The summed E-state index contributed by atoms with van der Waals surface area (Å²) in [5, 5.41) is 17.8. The Kier molecular flexibility index (Phi) is 20.6. The van der Waals surface area contributed by atoms with Crippen LogP contribution in [-0.4, -0.2) is 54.9 Å². The van der Waals surface area contributed by atoms with Gasteiger partial charge in [-0.2, -0.15) is 39.5 Å². The summed E-state index contributed by atoms with van der Waals surface area (Å²) in [5.41, 5.74) is 5.62. The van der Waals surface area contributed by atoms with Crippen molar-refractivity contribution in [2.24, 2.45) is 0 Å². The zero-order valence-electron chi connectivity index (χ0n) is 19.9. The SMILES string of the molecule is CC(=O)[O-].CC(=O)[O-].FC(F)(F)C1=CC=C=C[CH]1.FC(F)(F)C1=CC=C=C[CH]1.FC(F)(F)C1=CC=C=C[CH]1.[Sb]. The predicted octanol–water partition coefficient (Wildman–Crippen LogP) is 4.34. The van der Waals surface area contributed by atoms with Crippen LogP contribution in [0.3, 0.4) is 0 Å². The Morgan fingerprint density at radius 2 is 0.718 bits per heavy atom. The predicted molar refractivity (Wildman–Crippen MR) is 120 cm³/mol. The molecule has 0 saturated heterocycles. The third-order valence-electron chi connectivity index (χ3n) is 3.14. The third-order valence-corrected chi connectivity index (χ3v) is 3.14. The maximum Gasteiger partial charge on any atom is 0.413 e.